The Kier molecular flexibility index (Phi) is 11.3. The molecule has 2 saturated heterocycles. The zero-order chi connectivity index (χ0) is 31.7. The molecule has 0 aromatic heterocycles. The molecule has 248 valence electrons. The summed E-state index contributed by atoms with van der Waals surface area (Å²) < 4.78 is 39.0. The largest absolute Gasteiger partial charge is 0.457 e. The van der Waals surface area contributed by atoms with E-state index >= 15 is 0 Å². The van der Waals surface area contributed by atoms with Crippen molar-refractivity contribution < 1.29 is 47.5 Å². The van der Waals surface area contributed by atoms with Gasteiger partial charge in [0.25, 0.3) is 0 Å². The highest BCUT2D eigenvalue weighted by molar-refractivity contribution is 5.94. The van der Waals surface area contributed by atoms with Crippen LogP contribution >= 0.6 is 0 Å². The van der Waals surface area contributed by atoms with Crippen LogP contribution in [0.15, 0.2) is 48.5 Å². The third-order valence-corrected chi connectivity index (χ3v) is 9.29. The Morgan fingerprint density at radius 3 is 1.74 bits per heavy atom. The molecule has 2 aliphatic carbocycles. The topological polar surface area (TPSA) is 122 Å². The van der Waals surface area contributed by atoms with Crippen LogP contribution in [0.25, 0.3) is 0 Å². The highest BCUT2D eigenvalue weighted by Crippen LogP contribution is 2.34. The standard InChI is InChI=1S/C36H44O10/c37-34(27-10-6-25(7-11-27)17-40-20-30-22-42-30)45-29-14-15-33(32(16-29)36(39)44-19-24-4-2-1-3-5-24)46-35(38)28-12-8-26(9-13-28)18-41-21-31-23-43-31/h1-5,14-16,25-28,30-31H,6-13,17-23H2. The van der Waals surface area contributed by atoms with Crippen LogP contribution in [-0.2, 0) is 39.9 Å². The van der Waals surface area contributed by atoms with E-state index in [2.05, 4.69) is 0 Å². The molecule has 2 atom stereocenters. The number of benzene rings is 2. The van der Waals surface area contributed by atoms with Crippen LogP contribution < -0.4 is 9.47 Å². The third kappa shape index (κ3) is 9.84. The van der Waals surface area contributed by atoms with Gasteiger partial charge in [-0.25, -0.2) is 4.79 Å². The molecule has 0 spiro atoms. The molecular weight excluding hydrogens is 592 g/mol. The summed E-state index contributed by atoms with van der Waals surface area (Å²) >= 11 is 0. The summed E-state index contributed by atoms with van der Waals surface area (Å²) in [6, 6.07) is 13.8. The molecule has 2 aromatic rings. The number of carbonyl (C=O) groups excluding carboxylic acids is 3. The highest BCUT2D eigenvalue weighted by atomic mass is 16.6. The van der Waals surface area contributed by atoms with Gasteiger partial charge < -0.3 is 33.2 Å². The summed E-state index contributed by atoms with van der Waals surface area (Å²) in [5.41, 5.74) is 0.865. The summed E-state index contributed by atoms with van der Waals surface area (Å²) in [7, 11) is 0. The molecule has 4 aliphatic rings. The van der Waals surface area contributed by atoms with Gasteiger partial charge in [-0.1, -0.05) is 30.3 Å². The molecule has 2 aliphatic heterocycles. The number of rotatable bonds is 15. The van der Waals surface area contributed by atoms with Crippen LogP contribution in [0.5, 0.6) is 11.5 Å². The van der Waals surface area contributed by atoms with Gasteiger partial charge in [0, 0.05) is 13.2 Å². The van der Waals surface area contributed by atoms with Gasteiger partial charge in [0.15, 0.2) is 0 Å². The molecule has 0 N–H and O–H groups in total. The summed E-state index contributed by atoms with van der Waals surface area (Å²) in [6.45, 7) is 4.23. The Morgan fingerprint density at radius 1 is 0.652 bits per heavy atom. The van der Waals surface area contributed by atoms with E-state index in [9.17, 15) is 14.4 Å². The molecule has 6 rings (SSSR count). The lowest BCUT2D eigenvalue weighted by Crippen LogP contribution is -2.28. The number of hydrogen-bond acceptors (Lipinski definition) is 10. The molecule has 4 fully saturated rings. The van der Waals surface area contributed by atoms with Crippen molar-refractivity contribution in [1.82, 2.24) is 0 Å². The van der Waals surface area contributed by atoms with Gasteiger partial charge in [-0.2, -0.15) is 0 Å². The van der Waals surface area contributed by atoms with Crippen molar-refractivity contribution in [2.24, 2.45) is 23.7 Å². The van der Waals surface area contributed by atoms with Gasteiger partial charge in [-0.05, 0) is 87.0 Å². The fourth-order valence-electron chi connectivity index (χ4n) is 6.20. The lowest BCUT2D eigenvalue weighted by Gasteiger charge is -2.27. The summed E-state index contributed by atoms with van der Waals surface area (Å²) in [5.74, 6) is -0.726. The van der Waals surface area contributed by atoms with Crippen LogP contribution in [-0.4, -0.2) is 69.8 Å². The molecule has 2 aromatic carbocycles. The van der Waals surface area contributed by atoms with Crippen LogP contribution in [0.2, 0.25) is 0 Å². The maximum absolute atomic E-state index is 13.3. The van der Waals surface area contributed by atoms with Gasteiger partial charge in [0.1, 0.15) is 35.9 Å². The average Bonchev–Trinajstić information content (AvgIpc) is 4.02. The predicted octanol–water partition coefficient (Wildman–Crippen LogP) is 5.30. The molecule has 46 heavy (non-hydrogen) atoms. The molecule has 0 bridgehead atoms. The molecule has 2 heterocycles. The van der Waals surface area contributed by atoms with Crippen molar-refractivity contribution in [2.75, 3.05) is 39.6 Å². The maximum atomic E-state index is 13.3. The normalized spacial score (nSPS) is 27.0. The fraction of sp³-hybridized carbons (Fsp3) is 0.583. The fourth-order valence-corrected chi connectivity index (χ4v) is 6.20. The van der Waals surface area contributed by atoms with Crippen molar-refractivity contribution in [3.05, 3.63) is 59.7 Å². The molecule has 10 heteroatoms. The van der Waals surface area contributed by atoms with Crippen LogP contribution in [0.4, 0.5) is 0 Å². The van der Waals surface area contributed by atoms with Gasteiger partial charge in [0.05, 0.1) is 38.3 Å². The molecule has 2 unspecified atom stereocenters. The zero-order valence-corrected chi connectivity index (χ0v) is 26.3. The van der Waals surface area contributed by atoms with Crippen molar-refractivity contribution in [3.8, 4) is 11.5 Å². The highest BCUT2D eigenvalue weighted by Gasteiger charge is 2.32. The number of ether oxygens (including phenoxy) is 7. The van der Waals surface area contributed by atoms with Crippen molar-refractivity contribution in [2.45, 2.75) is 70.2 Å². The summed E-state index contributed by atoms with van der Waals surface area (Å²) in [4.78, 5) is 39.6. The number of epoxide rings is 2. The van der Waals surface area contributed by atoms with E-state index in [1.165, 1.54) is 12.1 Å². The monoisotopic (exact) mass is 636 g/mol. The van der Waals surface area contributed by atoms with E-state index in [0.717, 1.165) is 57.3 Å². The minimum absolute atomic E-state index is 0.0412. The first-order valence-electron chi connectivity index (χ1n) is 16.7. The lowest BCUT2D eigenvalue weighted by molar-refractivity contribution is -0.141. The van der Waals surface area contributed by atoms with E-state index < -0.39 is 5.97 Å². The minimum Gasteiger partial charge on any atom is -0.457 e. The van der Waals surface area contributed by atoms with Crippen LogP contribution in [0, 0.1) is 23.7 Å². The second kappa shape index (κ2) is 16.0. The van der Waals surface area contributed by atoms with Crippen molar-refractivity contribution in [1.29, 1.82) is 0 Å². The van der Waals surface area contributed by atoms with Crippen LogP contribution in [0.3, 0.4) is 0 Å². The lowest BCUT2D eigenvalue weighted by atomic mass is 9.82. The number of esters is 3. The molecule has 2 saturated carbocycles. The number of hydrogen-bond donors (Lipinski definition) is 0. The Labute approximate surface area is 270 Å². The Hall–Kier alpha value is -3.31. The van der Waals surface area contributed by atoms with E-state index in [1.54, 1.807) is 6.07 Å². The van der Waals surface area contributed by atoms with E-state index in [1.807, 2.05) is 30.3 Å². The first kappa shape index (κ1) is 32.6. The second-order valence-corrected chi connectivity index (χ2v) is 13.0. The average molecular weight is 637 g/mol. The predicted molar refractivity (Wildman–Crippen MR) is 165 cm³/mol. The SMILES string of the molecule is O=C(OCc1ccccc1)c1cc(OC(=O)C2CCC(COCC3CO3)CC2)ccc1OC(=O)C1CCC(COCC2CO2)CC1. The maximum Gasteiger partial charge on any atom is 0.342 e. The second-order valence-electron chi connectivity index (χ2n) is 13.0. The summed E-state index contributed by atoms with van der Waals surface area (Å²) in [5, 5.41) is 0. The van der Waals surface area contributed by atoms with Gasteiger partial charge >= 0.3 is 17.9 Å². The molecule has 0 amide bonds. The zero-order valence-electron chi connectivity index (χ0n) is 26.3. The van der Waals surface area contributed by atoms with Crippen molar-refractivity contribution >= 4 is 17.9 Å². The first-order valence-corrected chi connectivity index (χ1v) is 16.7. The van der Waals surface area contributed by atoms with E-state index in [4.69, 9.17) is 33.2 Å². The first-order chi connectivity index (χ1) is 22.5. The number of carbonyl (C=O) groups is 3. The van der Waals surface area contributed by atoms with Crippen LogP contribution in [0.1, 0.15) is 67.3 Å². The Balaban J connectivity index is 1.04. The van der Waals surface area contributed by atoms with Gasteiger partial charge in [-0.15, -0.1) is 0 Å². The molecular formula is C36H44O10. The minimum atomic E-state index is -0.665. The smallest absolute Gasteiger partial charge is 0.342 e. The van der Waals surface area contributed by atoms with E-state index in [-0.39, 0.29) is 59.7 Å². The summed E-state index contributed by atoms with van der Waals surface area (Å²) in [6.07, 6.45) is 6.85. The van der Waals surface area contributed by atoms with E-state index in [0.29, 0.717) is 51.1 Å². The third-order valence-electron chi connectivity index (χ3n) is 9.29. The Bertz CT molecular complexity index is 1310. The molecule has 0 radical (unpaired) electrons. The van der Waals surface area contributed by atoms with Gasteiger partial charge in [0.2, 0.25) is 0 Å². The van der Waals surface area contributed by atoms with Crippen molar-refractivity contribution in [3.63, 3.8) is 0 Å². The Morgan fingerprint density at radius 2 is 1.20 bits per heavy atom. The quantitative estimate of drug-likeness (QED) is 0.145. The van der Waals surface area contributed by atoms with Gasteiger partial charge in [-0.3, -0.25) is 9.59 Å². The molecule has 10 nitrogen and oxygen atoms in total.